The summed E-state index contributed by atoms with van der Waals surface area (Å²) in [4.78, 5) is 27.3. The van der Waals surface area contributed by atoms with Crippen LogP contribution in [0.3, 0.4) is 0 Å². The zero-order chi connectivity index (χ0) is 22.5. The number of carbonyl (C=O) groups is 1. The van der Waals surface area contributed by atoms with Crippen molar-refractivity contribution in [2.45, 2.75) is 43.9 Å². The molecular formula is C21H26N6O4S. The van der Waals surface area contributed by atoms with Crippen LogP contribution in [0, 0.1) is 19.8 Å². The average molecular weight is 459 g/mol. The van der Waals surface area contributed by atoms with Crippen LogP contribution in [0.1, 0.15) is 42.5 Å². The highest BCUT2D eigenvalue weighted by Crippen LogP contribution is 2.33. The van der Waals surface area contributed by atoms with Crippen LogP contribution in [0.4, 0.5) is 0 Å². The summed E-state index contributed by atoms with van der Waals surface area (Å²) >= 11 is 0. The molecule has 0 bridgehead atoms. The van der Waals surface area contributed by atoms with Gasteiger partial charge in [0.05, 0.1) is 29.7 Å². The van der Waals surface area contributed by atoms with Crippen molar-refractivity contribution in [2.75, 3.05) is 26.2 Å². The third-order valence-corrected chi connectivity index (χ3v) is 8.60. The molecule has 11 heteroatoms. The number of sulfonamides is 1. The number of hydrogen-bond acceptors (Lipinski definition) is 7. The number of H-pyrrole nitrogens is 1. The van der Waals surface area contributed by atoms with E-state index in [1.807, 2.05) is 11.0 Å². The summed E-state index contributed by atoms with van der Waals surface area (Å²) in [7, 11) is -3.75. The highest BCUT2D eigenvalue weighted by Gasteiger charge is 2.42. The number of aromatic nitrogens is 4. The van der Waals surface area contributed by atoms with E-state index in [0.29, 0.717) is 38.2 Å². The Balaban J connectivity index is 1.28. The summed E-state index contributed by atoms with van der Waals surface area (Å²) in [5.41, 5.74) is 2.10. The number of aryl methyl sites for hydroxylation is 2. The van der Waals surface area contributed by atoms with Gasteiger partial charge in [-0.25, -0.2) is 4.98 Å². The normalized spacial score (nSPS) is 24.2. The van der Waals surface area contributed by atoms with E-state index in [4.69, 9.17) is 4.52 Å². The first-order chi connectivity index (χ1) is 15.3. The van der Waals surface area contributed by atoms with Gasteiger partial charge in [-0.1, -0.05) is 9.37 Å². The molecule has 0 radical (unpaired) electrons. The van der Waals surface area contributed by atoms with Gasteiger partial charge in [-0.05, 0) is 32.3 Å². The number of piperidine rings is 1. The Bertz CT molecular complexity index is 1150. The Morgan fingerprint density at radius 1 is 1.28 bits per heavy atom. The summed E-state index contributed by atoms with van der Waals surface area (Å²) < 4.78 is 32.8. The van der Waals surface area contributed by atoms with Crippen molar-refractivity contribution in [3.05, 3.63) is 35.7 Å². The summed E-state index contributed by atoms with van der Waals surface area (Å²) in [6.45, 7) is 5.02. The van der Waals surface area contributed by atoms with Crippen LogP contribution in [0.5, 0.6) is 0 Å². The molecule has 2 saturated heterocycles. The minimum Gasteiger partial charge on any atom is -0.593 e. The number of fused-ring (bicyclic) bond motifs is 1. The number of carbonyl (C=O) groups excluding carboxylic acids is 1. The molecule has 5 heterocycles. The monoisotopic (exact) mass is 458 g/mol. The molecule has 0 saturated carbocycles. The van der Waals surface area contributed by atoms with Gasteiger partial charge in [0.15, 0.2) is 16.2 Å². The van der Waals surface area contributed by atoms with Gasteiger partial charge in [0.1, 0.15) is 11.5 Å². The summed E-state index contributed by atoms with van der Waals surface area (Å²) in [6, 6.07) is 1.86. The van der Waals surface area contributed by atoms with E-state index in [1.165, 1.54) is 4.31 Å². The van der Waals surface area contributed by atoms with E-state index >= 15 is 0 Å². The number of likely N-dealkylation sites (tertiary alicyclic amines) is 1. The van der Waals surface area contributed by atoms with E-state index in [0.717, 1.165) is 23.3 Å². The van der Waals surface area contributed by atoms with Gasteiger partial charge in [-0.3, -0.25) is 9.78 Å². The lowest BCUT2D eigenvalue weighted by Gasteiger charge is -2.34. The summed E-state index contributed by atoms with van der Waals surface area (Å²) in [5, 5.41) is 3.78. The lowest BCUT2D eigenvalue weighted by Crippen LogP contribution is -2.48. The minimum absolute atomic E-state index is 0.0175. The second kappa shape index (κ2) is 8.05. The first-order valence-electron chi connectivity index (χ1n) is 10.9. The highest BCUT2D eigenvalue weighted by atomic mass is 32.3. The van der Waals surface area contributed by atoms with Gasteiger partial charge >= 0.3 is 0 Å². The molecule has 0 aromatic carbocycles. The largest absolute Gasteiger partial charge is 0.593 e. The van der Waals surface area contributed by atoms with E-state index in [2.05, 4.69) is 20.1 Å². The van der Waals surface area contributed by atoms with E-state index in [-0.39, 0.29) is 34.9 Å². The highest BCUT2D eigenvalue weighted by molar-refractivity contribution is 7.95. The summed E-state index contributed by atoms with van der Waals surface area (Å²) in [6.07, 6.45) is 5.62. The van der Waals surface area contributed by atoms with Crippen LogP contribution in [0.2, 0.25) is 0 Å². The van der Waals surface area contributed by atoms with Gasteiger partial charge < -0.3 is 19.0 Å². The topological polar surface area (TPSA) is 131 Å². The summed E-state index contributed by atoms with van der Waals surface area (Å²) in [5.74, 6) is 0.951. The lowest BCUT2D eigenvalue weighted by molar-refractivity contribution is -0.135. The predicted molar refractivity (Wildman–Crippen MR) is 115 cm³/mol. The number of hydrogen-bond donors (Lipinski definition) is 1. The van der Waals surface area contributed by atoms with Crippen molar-refractivity contribution < 1.29 is 18.1 Å². The molecule has 1 N–H and O–H groups in total. The van der Waals surface area contributed by atoms with Crippen LogP contribution in [-0.2, 0) is 19.4 Å². The maximum absolute atomic E-state index is 13.3. The van der Waals surface area contributed by atoms with Crippen molar-refractivity contribution in [2.24, 2.45) is 5.92 Å². The van der Waals surface area contributed by atoms with Crippen molar-refractivity contribution in [1.82, 2.24) is 29.3 Å². The quantitative estimate of drug-likeness (QED) is 0.593. The van der Waals surface area contributed by atoms with Gasteiger partial charge in [0, 0.05) is 38.7 Å². The first kappa shape index (κ1) is 21.2. The van der Waals surface area contributed by atoms with Crippen LogP contribution >= 0.6 is 0 Å². The Morgan fingerprint density at radius 2 is 2.12 bits per heavy atom. The Kier molecular flexibility index (Phi) is 5.34. The number of aromatic amines is 1. The lowest BCUT2D eigenvalue weighted by atomic mass is 9.98. The maximum atomic E-state index is 13.3. The van der Waals surface area contributed by atoms with E-state index < -0.39 is 10.4 Å². The Morgan fingerprint density at radius 3 is 2.88 bits per heavy atom. The molecule has 1 amide bonds. The molecule has 3 aromatic rings. The zero-order valence-corrected chi connectivity index (χ0v) is 18.9. The van der Waals surface area contributed by atoms with E-state index in [1.54, 1.807) is 26.2 Å². The predicted octanol–water partition coefficient (Wildman–Crippen LogP) is 2.19. The number of nitrogens with zero attached hydrogens (tertiary/aromatic N) is 5. The number of imidazole rings is 1. The second-order valence-corrected chi connectivity index (χ2v) is 10.5. The molecule has 3 atom stereocenters. The number of nitrogens with one attached hydrogen (secondary N) is 1. The van der Waals surface area contributed by atoms with Gasteiger partial charge in [0.25, 0.3) is 0 Å². The number of amides is 1. The molecule has 10 nitrogen and oxygen atoms in total. The second-order valence-electron chi connectivity index (χ2n) is 8.64. The number of rotatable bonds is 4. The molecule has 2 aliphatic heterocycles. The van der Waals surface area contributed by atoms with E-state index in [9.17, 15) is 13.6 Å². The molecule has 2 fully saturated rings. The van der Waals surface area contributed by atoms with Crippen LogP contribution < -0.4 is 0 Å². The standard InChI is InChI=1S/C21H26N6O4S/c1-13-19(14(2)31-25-13)32(29,30)27-8-3-4-16(12-27)21(28)26-9-6-15(11-26)20-23-17-5-7-22-10-18(17)24-20/h5,7,10,15-16H,3-4,6,8-9,11-12H2,1-2H3,(H-,22,23,24,29,30). The molecule has 3 aromatic heterocycles. The minimum atomic E-state index is -3.75. The van der Waals surface area contributed by atoms with Crippen LogP contribution in [-0.4, -0.2) is 66.0 Å². The van der Waals surface area contributed by atoms with Gasteiger partial charge in [-0.2, -0.15) is 0 Å². The Hall–Kier alpha value is -2.63. The number of pyridine rings is 1. The molecule has 3 unspecified atom stereocenters. The third kappa shape index (κ3) is 3.63. The fourth-order valence-corrected chi connectivity index (χ4v) is 6.66. The molecule has 0 aliphatic carbocycles. The molecular weight excluding hydrogens is 432 g/mol. The van der Waals surface area contributed by atoms with Gasteiger partial charge in [-0.15, -0.1) is 4.31 Å². The molecule has 32 heavy (non-hydrogen) atoms. The average Bonchev–Trinajstić information content (AvgIpc) is 3.51. The molecule has 2 aliphatic rings. The van der Waals surface area contributed by atoms with Gasteiger partial charge in [0.2, 0.25) is 10.8 Å². The zero-order valence-electron chi connectivity index (χ0n) is 18.1. The SMILES string of the molecule is Cc1noc(C)c1[S+](=O)([O-])N1CCCC(C(=O)N2CCC(c3nc4ccncc4[nH]3)C2)C1. The van der Waals surface area contributed by atoms with Crippen molar-refractivity contribution >= 4 is 27.3 Å². The Labute approximate surface area is 186 Å². The fourth-order valence-electron chi connectivity index (χ4n) is 4.85. The van der Waals surface area contributed by atoms with Crippen molar-refractivity contribution in [1.29, 1.82) is 0 Å². The van der Waals surface area contributed by atoms with Crippen LogP contribution in [0.15, 0.2) is 27.9 Å². The fraction of sp³-hybridized carbons (Fsp3) is 0.524. The maximum Gasteiger partial charge on any atom is 0.240 e. The van der Waals surface area contributed by atoms with Crippen LogP contribution in [0.25, 0.3) is 11.0 Å². The first-order valence-corrected chi connectivity index (χ1v) is 12.3. The third-order valence-electron chi connectivity index (χ3n) is 6.49. The van der Waals surface area contributed by atoms with Crippen molar-refractivity contribution in [3.63, 3.8) is 0 Å². The molecule has 5 rings (SSSR count). The smallest absolute Gasteiger partial charge is 0.240 e. The molecule has 0 spiro atoms. The molecule has 170 valence electrons. The van der Waals surface area contributed by atoms with Crippen molar-refractivity contribution in [3.8, 4) is 0 Å².